The molecule has 0 bridgehead atoms. The summed E-state index contributed by atoms with van der Waals surface area (Å²) < 4.78 is 23.6. The maximum absolute atomic E-state index is 11.8. The van der Waals surface area contributed by atoms with Gasteiger partial charge in [-0.05, 0) is 31.0 Å². The normalized spacial score (nSPS) is 11.2. The Hall–Kier alpha value is -2.48. The molecule has 122 valence electrons. The number of nitrogens with one attached hydrogen (secondary N) is 1. The number of nitro benzene ring substituents is 1. The van der Waals surface area contributed by atoms with E-state index in [9.17, 15) is 18.5 Å². The number of nitro groups is 1. The second kappa shape index (κ2) is 7.19. The van der Waals surface area contributed by atoms with Crippen LogP contribution in [-0.4, -0.2) is 31.1 Å². The number of non-ortho nitro benzene ring substituents is 1. The minimum atomic E-state index is -3.56. The Morgan fingerprint density at radius 2 is 2.04 bits per heavy atom. The topological polar surface area (TPSA) is 102 Å². The summed E-state index contributed by atoms with van der Waals surface area (Å²) in [6.07, 6.45) is 4.28. The highest BCUT2D eigenvalue weighted by atomic mass is 32.2. The molecule has 0 saturated carbocycles. The predicted molar refractivity (Wildman–Crippen MR) is 87.3 cm³/mol. The van der Waals surface area contributed by atoms with Crippen molar-refractivity contribution in [3.8, 4) is 0 Å². The summed E-state index contributed by atoms with van der Waals surface area (Å²) in [5, 5.41) is 13.8. The van der Waals surface area contributed by atoms with Gasteiger partial charge in [0.1, 0.15) is 0 Å². The van der Waals surface area contributed by atoms with Crippen LogP contribution in [0.3, 0.4) is 0 Å². The largest absolute Gasteiger partial charge is 0.384 e. The van der Waals surface area contributed by atoms with E-state index in [-0.39, 0.29) is 10.6 Å². The molecule has 0 spiro atoms. The van der Waals surface area contributed by atoms with Crippen LogP contribution in [-0.2, 0) is 16.3 Å². The van der Waals surface area contributed by atoms with Crippen LogP contribution in [0, 0.1) is 10.1 Å². The third kappa shape index (κ3) is 4.75. The van der Waals surface area contributed by atoms with Gasteiger partial charge in [0.25, 0.3) is 5.69 Å². The van der Waals surface area contributed by atoms with Crippen molar-refractivity contribution >= 4 is 21.2 Å². The van der Waals surface area contributed by atoms with Gasteiger partial charge < -0.3 is 5.32 Å². The van der Waals surface area contributed by atoms with Crippen LogP contribution in [0.15, 0.2) is 47.5 Å². The predicted octanol–water partition coefficient (Wildman–Crippen LogP) is 2.44. The Morgan fingerprint density at radius 3 is 2.65 bits per heavy atom. The van der Waals surface area contributed by atoms with Crippen LogP contribution >= 0.6 is 0 Å². The van der Waals surface area contributed by atoms with Gasteiger partial charge in [-0.3, -0.25) is 15.1 Å². The summed E-state index contributed by atoms with van der Waals surface area (Å²) in [6, 6.07) is 9.47. The van der Waals surface area contributed by atoms with Crippen molar-refractivity contribution in [2.24, 2.45) is 0 Å². The molecule has 0 aliphatic rings. The fourth-order valence-electron chi connectivity index (χ4n) is 2.12. The molecule has 0 fully saturated rings. The lowest BCUT2D eigenvalue weighted by Crippen LogP contribution is -2.09. The van der Waals surface area contributed by atoms with Gasteiger partial charge >= 0.3 is 0 Å². The maximum atomic E-state index is 11.8. The minimum absolute atomic E-state index is 0.0652. The number of sulfone groups is 1. The molecule has 8 heteroatoms. The van der Waals surface area contributed by atoms with E-state index in [1.54, 1.807) is 6.20 Å². The molecule has 0 radical (unpaired) electrons. The van der Waals surface area contributed by atoms with Gasteiger partial charge in [0, 0.05) is 36.8 Å². The van der Waals surface area contributed by atoms with E-state index < -0.39 is 14.8 Å². The highest BCUT2D eigenvalue weighted by Gasteiger charge is 2.18. The van der Waals surface area contributed by atoms with E-state index in [1.807, 2.05) is 18.2 Å². The summed E-state index contributed by atoms with van der Waals surface area (Å²) in [5.74, 6) is 0. The zero-order valence-electron chi connectivity index (χ0n) is 12.6. The van der Waals surface area contributed by atoms with E-state index in [1.165, 1.54) is 12.1 Å². The molecule has 0 atom stereocenters. The lowest BCUT2D eigenvalue weighted by Gasteiger charge is -2.10. The van der Waals surface area contributed by atoms with Gasteiger partial charge in [-0.2, -0.15) is 0 Å². The molecule has 2 rings (SSSR count). The Morgan fingerprint density at radius 1 is 1.26 bits per heavy atom. The van der Waals surface area contributed by atoms with Gasteiger partial charge in [-0.25, -0.2) is 8.42 Å². The van der Waals surface area contributed by atoms with Crippen LogP contribution in [0.5, 0.6) is 0 Å². The molecule has 2 aromatic rings. The Bertz CT molecular complexity index is 792. The average molecular weight is 335 g/mol. The summed E-state index contributed by atoms with van der Waals surface area (Å²) in [4.78, 5) is 14.3. The van der Waals surface area contributed by atoms with E-state index in [4.69, 9.17) is 0 Å². The lowest BCUT2D eigenvalue weighted by atomic mass is 10.2. The van der Waals surface area contributed by atoms with Crippen LogP contribution in [0.2, 0.25) is 0 Å². The second-order valence-corrected chi connectivity index (χ2v) is 7.05. The molecular formula is C15H17N3O4S. The molecule has 0 amide bonds. The molecule has 0 aliphatic carbocycles. The van der Waals surface area contributed by atoms with Crippen molar-refractivity contribution < 1.29 is 13.3 Å². The first-order valence-corrected chi connectivity index (χ1v) is 8.89. The lowest BCUT2D eigenvalue weighted by molar-refractivity contribution is -0.385. The monoisotopic (exact) mass is 335 g/mol. The van der Waals surface area contributed by atoms with Gasteiger partial charge in [0.15, 0.2) is 9.84 Å². The Kier molecular flexibility index (Phi) is 5.28. The van der Waals surface area contributed by atoms with Crippen LogP contribution in [0.1, 0.15) is 12.1 Å². The Balaban J connectivity index is 2.06. The number of hydrogen-bond donors (Lipinski definition) is 1. The molecule has 23 heavy (non-hydrogen) atoms. The number of rotatable bonds is 7. The van der Waals surface area contributed by atoms with Crippen molar-refractivity contribution in [1.82, 2.24) is 4.98 Å². The third-order valence-corrected chi connectivity index (χ3v) is 4.36. The molecule has 1 N–H and O–H groups in total. The molecule has 0 unspecified atom stereocenters. The summed E-state index contributed by atoms with van der Waals surface area (Å²) >= 11 is 0. The van der Waals surface area contributed by atoms with Gasteiger partial charge in [-0.1, -0.05) is 6.07 Å². The van der Waals surface area contributed by atoms with Crippen LogP contribution < -0.4 is 5.32 Å². The maximum Gasteiger partial charge on any atom is 0.270 e. The first-order chi connectivity index (χ1) is 10.9. The summed E-state index contributed by atoms with van der Waals surface area (Å²) in [6.45, 7) is 0.539. The standard InChI is InChI=1S/C15H17N3O4S/c1-23(21,22)15-11-13(18(19)20)7-8-14(15)17-10-4-6-12-5-2-3-9-16-12/h2-3,5,7-9,11,17H,4,6,10H2,1H3. The van der Waals surface area contributed by atoms with Crippen LogP contribution in [0.25, 0.3) is 0 Å². The van der Waals surface area contributed by atoms with Gasteiger partial charge in [0.2, 0.25) is 0 Å². The van der Waals surface area contributed by atoms with Crippen LogP contribution in [0.4, 0.5) is 11.4 Å². The first-order valence-electron chi connectivity index (χ1n) is 7.00. The zero-order chi connectivity index (χ0) is 16.9. The van der Waals surface area contributed by atoms with Gasteiger partial charge in [-0.15, -0.1) is 0 Å². The molecule has 7 nitrogen and oxygen atoms in total. The van der Waals surface area contributed by atoms with Crippen molar-refractivity contribution in [2.45, 2.75) is 17.7 Å². The van der Waals surface area contributed by atoms with Gasteiger partial charge in [0.05, 0.1) is 15.5 Å². The van der Waals surface area contributed by atoms with E-state index in [0.29, 0.717) is 12.2 Å². The quantitative estimate of drug-likeness (QED) is 0.473. The number of aromatic nitrogens is 1. The number of hydrogen-bond acceptors (Lipinski definition) is 6. The number of benzene rings is 1. The molecule has 1 aromatic heterocycles. The fraction of sp³-hybridized carbons (Fsp3) is 0.267. The molecule has 1 heterocycles. The summed E-state index contributed by atoms with van der Waals surface area (Å²) in [5.41, 5.74) is 1.09. The highest BCUT2D eigenvalue weighted by molar-refractivity contribution is 7.90. The third-order valence-electron chi connectivity index (χ3n) is 3.23. The van der Waals surface area contributed by atoms with Crippen molar-refractivity contribution in [1.29, 1.82) is 0 Å². The smallest absolute Gasteiger partial charge is 0.270 e. The molecule has 0 saturated heterocycles. The average Bonchev–Trinajstić information content (AvgIpc) is 2.51. The fourth-order valence-corrected chi connectivity index (χ4v) is 2.99. The number of aryl methyl sites for hydroxylation is 1. The number of nitrogens with zero attached hydrogens (tertiary/aromatic N) is 2. The van der Waals surface area contributed by atoms with Crippen molar-refractivity contribution in [3.63, 3.8) is 0 Å². The molecular weight excluding hydrogens is 318 g/mol. The number of anilines is 1. The van der Waals surface area contributed by atoms with E-state index in [2.05, 4.69) is 10.3 Å². The zero-order valence-corrected chi connectivity index (χ0v) is 13.4. The summed E-state index contributed by atoms with van der Waals surface area (Å²) in [7, 11) is -3.56. The van der Waals surface area contributed by atoms with E-state index >= 15 is 0 Å². The number of pyridine rings is 1. The first kappa shape index (κ1) is 16.9. The SMILES string of the molecule is CS(=O)(=O)c1cc([N+](=O)[O-])ccc1NCCCc1ccccn1. The second-order valence-electron chi connectivity index (χ2n) is 5.06. The van der Waals surface area contributed by atoms with Crippen molar-refractivity contribution in [3.05, 3.63) is 58.4 Å². The van der Waals surface area contributed by atoms with E-state index in [0.717, 1.165) is 30.9 Å². The molecule has 0 aliphatic heterocycles. The minimum Gasteiger partial charge on any atom is -0.384 e. The van der Waals surface area contributed by atoms with Crippen molar-refractivity contribution in [2.75, 3.05) is 18.1 Å². The Labute approximate surface area is 134 Å². The highest BCUT2D eigenvalue weighted by Crippen LogP contribution is 2.26. The molecule has 1 aromatic carbocycles.